The van der Waals surface area contributed by atoms with Crippen molar-refractivity contribution in [3.05, 3.63) is 59.7 Å². The van der Waals surface area contributed by atoms with E-state index in [1.807, 2.05) is 0 Å². The fraction of sp³-hybridized carbons (Fsp3) is 0.222. The lowest BCUT2D eigenvalue weighted by Crippen LogP contribution is -2.30. The standard InChI is InChI=1S/C18H16F3NO4/c1-11(26-17(24)12-3-9-15(25-2)10-4-12)16(23)22-14-7-5-13(6-8-14)18(19,20)21/h3-11H,1-2H3,(H,22,23). The van der Waals surface area contributed by atoms with E-state index >= 15 is 0 Å². The van der Waals surface area contributed by atoms with Gasteiger partial charge < -0.3 is 14.8 Å². The SMILES string of the molecule is COc1ccc(C(=O)OC(C)C(=O)Nc2ccc(C(F)(F)F)cc2)cc1. The second kappa shape index (κ2) is 7.90. The number of alkyl halides is 3. The number of hydrogen-bond acceptors (Lipinski definition) is 4. The second-order valence-corrected chi connectivity index (χ2v) is 5.34. The number of esters is 1. The number of halogens is 3. The van der Waals surface area contributed by atoms with E-state index in [0.717, 1.165) is 24.3 Å². The van der Waals surface area contributed by atoms with Gasteiger partial charge in [-0.1, -0.05) is 0 Å². The van der Waals surface area contributed by atoms with Crippen molar-refractivity contribution in [1.29, 1.82) is 0 Å². The number of carbonyl (C=O) groups is 2. The highest BCUT2D eigenvalue weighted by Crippen LogP contribution is 2.29. The molecule has 0 aliphatic rings. The van der Waals surface area contributed by atoms with Crippen LogP contribution in [0.4, 0.5) is 18.9 Å². The van der Waals surface area contributed by atoms with Crippen molar-refractivity contribution in [3.63, 3.8) is 0 Å². The van der Waals surface area contributed by atoms with Crippen molar-refractivity contribution in [2.24, 2.45) is 0 Å². The molecule has 0 aromatic heterocycles. The van der Waals surface area contributed by atoms with Gasteiger partial charge in [-0.25, -0.2) is 4.79 Å². The van der Waals surface area contributed by atoms with E-state index in [-0.39, 0.29) is 11.3 Å². The lowest BCUT2D eigenvalue weighted by molar-refractivity contribution is -0.137. The average Bonchev–Trinajstić information content (AvgIpc) is 2.61. The van der Waals surface area contributed by atoms with Gasteiger partial charge in [0, 0.05) is 5.69 Å². The Balaban J connectivity index is 1.95. The zero-order chi connectivity index (χ0) is 19.3. The van der Waals surface area contributed by atoms with Crippen LogP contribution in [0, 0.1) is 0 Å². The van der Waals surface area contributed by atoms with Crippen LogP contribution in [0.15, 0.2) is 48.5 Å². The Morgan fingerprint density at radius 1 is 1.00 bits per heavy atom. The summed E-state index contributed by atoms with van der Waals surface area (Å²) in [5.74, 6) is -0.802. The van der Waals surface area contributed by atoms with Gasteiger partial charge in [0.05, 0.1) is 18.2 Å². The molecule has 0 spiro atoms. The molecule has 1 amide bonds. The predicted molar refractivity (Wildman–Crippen MR) is 87.9 cm³/mol. The van der Waals surface area contributed by atoms with Crippen molar-refractivity contribution in [2.45, 2.75) is 19.2 Å². The van der Waals surface area contributed by atoms with Gasteiger partial charge in [0.2, 0.25) is 0 Å². The minimum atomic E-state index is -4.45. The summed E-state index contributed by atoms with van der Waals surface area (Å²) >= 11 is 0. The van der Waals surface area contributed by atoms with E-state index < -0.39 is 29.7 Å². The first kappa shape index (κ1) is 19.3. The highest BCUT2D eigenvalue weighted by atomic mass is 19.4. The molecule has 2 aromatic carbocycles. The van der Waals surface area contributed by atoms with Crippen LogP contribution in [0.25, 0.3) is 0 Å². The number of amides is 1. The molecule has 0 aliphatic carbocycles. The van der Waals surface area contributed by atoms with E-state index in [4.69, 9.17) is 9.47 Å². The van der Waals surface area contributed by atoms with Crippen LogP contribution < -0.4 is 10.1 Å². The maximum atomic E-state index is 12.5. The number of hydrogen-bond donors (Lipinski definition) is 1. The largest absolute Gasteiger partial charge is 0.497 e. The van der Waals surface area contributed by atoms with Crippen LogP contribution >= 0.6 is 0 Å². The molecule has 8 heteroatoms. The number of benzene rings is 2. The summed E-state index contributed by atoms with van der Waals surface area (Å²) in [5.41, 5.74) is -0.426. The molecule has 2 rings (SSSR count). The van der Waals surface area contributed by atoms with Crippen molar-refractivity contribution >= 4 is 17.6 Å². The molecule has 1 unspecified atom stereocenters. The van der Waals surface area contributed by atoms with Gasteiger partial charge in [-0.05, 0) is 55.5 Å². The predicted octanol–water partition coefficient (Wildman–Crippen LogP) is 3.90. The van der Waals surface area contributed by atoms with Crippen LogP contribution in [0.3, 0.4) is 0 Å². The normalized spacial score (nSPS) is 12.2. The van der Waals surface area contributed by atoms with Crippen LogP contribution in [-0.4, -0.2) is 25.1 Å². The molecule has 0 heterocycles. The zero-order valence-electron chi connectivity index (χ0n) is 14.0. The third kappa shape index (κ3) is 4.98. The fourth-order valence-electron chi connectivity index (χ4n) is 2.00. The quantitative estimate of drug-likeness (QED) is 0.814. The van der Waals surface area contributed by atoms with Crippen LogP contribution in [0.5, 0.6) is 5.75 Å². The number of carbonyl (C=O) groups excluding carboxylic acids is 2. The monoisotopic (exact) mass is 367 g/mol. The molecule has 0 saturated carbocycles. The lowest BCUT2D eigenvalue weighted by Gasteiger charge is -2.14. The van der Waals surface area contributed by atoms with E-state index in [0.29, 0.717) is 5.75 Å². The summed E-state index contributed by atoms with van der Waals surface area (Å²) in [6, 6.07) is 10.1. The summed E-state index contributed by atoms with van der Waals surface area (Å²) in [6.45, 7) is 1.36. The third-order valence-corrected chi connectivity index (χ3v) is 3.46. The van der Waals surface area contributed by atoms with Gasteiger partial charge in [-0.15, -0.1) is 0 Å². The van der Waals surface area contributed by atoms with E-state index in [9.17, 15) is 22.8 Å². The minimum absolute atomic E-state index is 0.162. The lowest BCUT2D eigenvalue weighted by atomic mass is 10.2. The van der Waals surface area contributed by atoms with Gasteiger partial charge in [0.1, 0.15) is 5.75 Å². The minimum Gasteiger partial charge on any atom is -0.497 e. The molecule has 26 heavy (non-hydrogen) atoms. The van der Waals surface area contributed by atoms with Crippen LogP contribution in [0.2, 0.25) is 0 Å². The molecule has 5 nitrogen and oxygen atoms in total. The van der Waals surface area contributed by atoms with Crippen LogP contribution in [0.1, 0.15) is 22.8 Å². The number of ether oxygens (including phenoxy) is 2. The van der Waals surface area contributed by atoms with Crippen LogP contribution in [-0.2, 0) is 15.7 Å². The summed E-state index contributed by atoms with van der Waals surface area (Å²) in [4.78, 5) is 24.0. The molecule has 0 radical (unpaired) electrons. The Morgan fingerprint density at radius 2 is 1.58 bits per heavy atom. The second-order valence-electron chi connectivity index (χ2n) is 5.34. The highest BCUT2D eigenvalue weighted by molar-refractivity contribution is 5.97. The van der Waals surface area contributed by atoms with Gasteiger partial charge >= 0.3 is 12.1 Å². The van der Waals surface area contributed by atoms with Crippen molar-refractivity contribution in [3.8, 4) is 5.75 Å². The number of anilines is 1. The third-order valence-electron chi connectivity index (χ3n) is 3.46. The summed E-state index contributed by atoms with van der Waals surface area (Å²) in [7, 11) is 1.49. The van der Waals surface area contributed by atoms with Gasteiger partial charge in [0.15, 0.2) is 6.10 Å². The van der Waals surface area contributed by atoms with Crippen molar-refractivity contribution < 1.29 is 32.2 Å². The fourth-order valence-corrected chi connectivity index (χ4v) is 2.00. The van der Waals surface area contributed by atoms with Gasteiger partial charge in [-0.2, -0.15) is 13.2 Å². The van der Waals surface area contributed by atoms with Crippen molar-refractivity contribution in [2.75, 3.05) is 12.4 Å². The number of rotatable bonds is 5. The number of nitrogens with one attached hydrogen (secondary N) is 1. The molecule has 0 saturated heterocycles. The van der Waals surface area contributed by atoms with Crippen molar-refractivity contribution in [1.82, 2.24) is 0 Å². The molecule has 0 aliphatic heterocycles. The first-order chi connectivity index (χ1) is 12.2. The van der Waals surface area contributed by atoms with E-state index in [1.54, 1.807) is 12.1 Å². The highest BCUT2D eigenvalue weighted by Gasteiger charge is 2.30. The van der Waals surface area contributed by atoms with E-state index in [1.165, 1.54) is 26.2 Å². The Kier molecular flexibility index (Phi) is 5.86. The molecule has 0 fully saturated rings. The van der Waals surface area contributed by atoms with E-state index in [2.05, 4.69) is 5.32 Å². The average molecular weight is 367 g/mol. The topological polar surface area (TPSA) is 64.6 Å². The molecule has 0 bridgehead atoms. The maximum absolute atomic E-state index is 12.5. The summed E-state index contributed by atoms with van der Waals surface area (Å²) in [6.07, 6.45) is -5.59. The molecule has 2 aromatic rings. The maximum Gasteiger partial charge on any atom is 0.416 e. The Labute approximate surface area is 147 Å². The molecule has 138 valence electrons. The first-order valence-electron chi connectivity index (χ1n) is 7.54. The van der Waals surface area contributed by atoms with Gasteiger partial charge in [-0.3, -0.25) is 4.79 Å². The Bertz CT molecular complexity index is 771. The zero-order valence-corrected chi connectivity index (χ0v) is 14.0. The molecular weight excluding hydrogens is 351 g/mol. The number of methoxy groups -OCH3 is 1. The summed E-state index contributed by atoms with van der Waals surface area (Å²) in [5, 5.41) is 2.39. The molecule has 1 N–H and O–H groups in total. The Morgan fingerprint density at radius 3 is 2.08 bits per heavy atom. The van der Waals surface area contributed by atoms with Gasteiger partial charge in [0.25, 0.3) is 5.91 Å². The smallest absolute Gasteiger partial charge is 0.416 e. The summed E-state index contributed by atoms with van der Waals surface area (Å²) < 4.78 is 47.6. The Hall–Kier alpha value is -3.03. The molecular formula is C18H16F3NO4. The first-order valence-corrected chi connectivity index (χ1v) is 7.54. The molecule has 1 atom stereocenters.